The second kappa shape index (κ2) is 6.57. The fourth-order valence-corrected chi connectivity index (χ4v) is 3.73. The van der Waals surface area contributed by atoms with E-state index in [1.165, 1.54) is 0 Å². The SMILES string of the molecule is CC(C)(C)C(=O)Nc1nnc(S(=O)(=O)NC[C@@H]2CCCO2)s1. The zero-order valence-corrected chi connectivity index (χ0v) is 14.4. The van der Waals surface area contributed by atoms with E-state index in [1.54, 1.807) is 20.8 Å². The first-order valence-electron chi connectivity index (χ1n) is 6.95. The van der Waals surface area contributed by atoms with Crippen LogP contribution in [0, 0.1) is 5.41 Å². The molecule has 0 unspecified atom stereocenters. The molecule has 2 heterocycles. The van der Waals surface area contributed by atoms with Gasteiger partial charge in [0, 0.05) is 18.6 Å². The van der Waals surface area contributed by atoms with Gasteiger partial charge in [0.15, 0.2) is 0 Å². The molecular weight excluding hydrogens is 328 g/mol. The lowest BCUT2D eigenvalue weighted by Gasteiger charge is -2.15. The molecule has 1 aliphatic rings. The monoisotopic (exact) mass is 348 g/mol. The molecule has 1 aliphatic heterocycles. The Morgan fingerprint density at radius 1 is 1.41 bits per heavy atom. The van der Waals surface area contributed by atoms with Gasteiger partial charge in [-0.15, -0.1) is 10.2 Å². The molecule has 0 aromatic carbocycles. The van der Waals surface area contributed by atoms with E-state index >= 15 is 0 Å². The summed E-state index contributed by atoms with van der Waals surface area (Å²) in [7, 11) is -3.73. The van der Waals surface area contributed by atoms with Crippen LogP contribution < -0.4 is 10.0 Å². The lowest BCUT2D eigenvalue weighted by Crippen LogP contribution is -2.31. The Bertz CT molecular complexity index is 630. The molecule has 124 valence electrons. The maximum atomic E-state index is 12.1. The molecule has 1 atom stereocenters. The highest BCUT2D eigenvalue weighted by Gasteiger charge is 2.26. The largest absolute Gasteiger partial charge is 0.377 e. The fraction of sp³-hybridized carbons (Fsp3) is 0.750. The van der Waals surface area contributed by atoms with Gasteiger partial charge < -0.3 is 10.1 Å². The standard InChI is InChI=1S/C12H20N4O4S2/c1-12(2,3)9(17)14-10-15-16-11(21-10)22(18,19)13-7-8-5-4-6-20-8/h8,13H,4-7H2,1-3H3,(H,14,15,17)/t8-/m0/s1. The van der Waals surface area contributed by atoms with Crippen molar-refractivity contribution in [1.29, 1.82) is 0 Å². The number of carbonyl (C=O) groups is 1. The molecule has 0 aliphatic carbocycles. The van der Waals surface area contributed by atoms with E-state index in [9.17, 15) is 13.2 Å². The van der Waals surface area contributed by atoms with Crippen LogP contribution in [0.2, 0.25) is 0 Å². The quantitative estimate of drug-likeness (QED) is 0.768. The van der Waals surface area contributed by atoms with E-state index in [4.69, 9.17) is 4.74 Å². The van der Waals surface area contributed by atoms with Gasteiger partial charge in [-0.05, 0) is 12.8 Å². The highest BCUT2D eigenvalue weighted by Crippen LogP contribution is 2.23. The number of hydrogen-bond acceptors (Lipinski definition) is 7. The Morgan fingerprint density at radius 3 is 2.73 bits per heavy atom. The second-order valence-electron chi connectivity index (χ2n) is 6.06. The van der Waals surface area contributed by atoms with Gasteiger partial charge in [-0.2, -0.15) is 0 Å². The van der Waals surface area contributed by atoms with Gasteiger partial charge in [-0.3, -0.25) is 4.79 Å². The van der Waals surface area contributed by atoms with Crippen molar-refractivity contribution in [3.8, 4) is 0 Å². The van der Waals surface area contributed by atoms with Crippen LogP contribution in [-0.2, 0) is 19.6 Å². The molecule has 1 amide bonds. The lowest BCUT2D eigenvalue weighted by atomic mass is 9.96. The van der Waals surface area contributed by atoms with Crippen LogP contribution in [0.15, 0.2) is 4.34 Å². The summed E-state index contributed by atoms with van der Waals surface area (Å²) in [5.41, 5.74) is -0.594. The molecule has 1 aromatic rings. The summed E-state index contributed by atoms with van der Waals surface area (Å²) in [6, 6.07) is 0. The van der Waals surface area contributed by atoms with E-state index in [0.717, 1.165) is 24.2 Å². The molecule has 10 heteroatoms. The van der Waals surface area contributed by atoms with Crippen molar-refractivity contribution in [1.82, 2.24) is 14.9 Å². The average Bonchev–Trinajstić information content (AvgIpc) is 3.06. The van der Waals surface area contributed by atoms with E-state index < -0.39 is 15.4 Å². The summed E-state index contributed by atoms with van der Waals surface area (Å²) in [4.78, 5) is 11.8. The number of hydrogen-bond donors (Lipinski definition) is 2. The molecular formula is C12H20N4O4S2. The zero-order chi connectivity index (χ0) is 16.4. The Labute approximate surface area is 133 Å². The third kappa shape index (κ3) is 4.45. The normalized spacial score (nSPS) is 19.3. The second-order valence-corrected chi connectivity index (χ2v) is 8.98. The molecule has 8 nitrogen and oxygen atoms in total. The van der Waals surface area contributed by atoms with Crippen molar-refractivity contribution < 1.29 is 17.9 Å². The van der Waals surface area contributed by atoms with Crippen LogP contribution in [0.25, 0.3) is 0 Å². The number of amides is 1. The molecule has 1 aromatic heterocycles. The third-order valence-electron chi connectivity index (χ3n) is 3.06. The highest BCUT2D eigenvalue weighted by atomic mass is 32.2. The Balaban J connectivity index is 1.98. The molecule has 2 rings (SSSR count). The number of ether oxygens (including phenoxy) is 1. The molecule has 2 N–H and O–H groups in total. The van der Waals surface area contributed by atoms with E-state index in [0.29, 0.717) is 6.61 Å². The van der Waals surface area contributed by atoms with Gasteiger partial charge in [0.05, 0.1) is 6.10 Å². The first-order valence-corrected chi connectivity index (χ1v) is 9.25. The van der Waals surface area contributed by atoms with Gasteiger partial charge in [0.2, 0.25) is 15.4 Å². The number of nitrogens with one attached hydrogen (secondary N) is 2. The molecule has 0 radical (unpaired) electrons. The van der Waals surface area contributed by atoms with Crippen LogP contribution in [0.4, 0.5) is 5.13 Å². The molecule has 1 saturated heterocycles. The Morgan fingerprint density at radius 2 is 2.14 bits per heavy atom. The first-order chi connectivity index (χ1) is 10.2. The van der Waals surface area contributed by atoms with Crippen molar-refractivity contribution in [2.45, 2.75) is 44.1 Å². The predicted octanol–water partition coefficient (Wildman–Crippen LogP) is 0.980. The average molecular weight is 348 g/mol. The molecule has 22 heavy (non-hydrogen) atoms. The summed E-state index contributed by atoms with van der Waals surface area (Å²) in [5, 5.41) is 10.1. The molecule has 1 fully saturated rings. The van der Waals surface area contributed by atoms with E-state index in [2.05, 4.69) is 20.2 Å². The smallest absolute Gasteiger partial charge is 0.269 e. The number of aromatic nitrogens is 2. The predicted molar refractivity (Wildman–Crippen MR) is 82.2 cm³/mol. The van der Waals surface area contributed by atoms with Crippen molar-refractivity contribution in [3.63, 3.8) is 0 Å². The number of carbonyl (C=O) groups excluding carboxylic acids is 1. The van der Waals surface area contributed by atoms with Gasteiger partial charge in [-0.1, -0.05) is 32.1 Å². The maximum Gasteiger partial charge on any atom is 0.269 e. The number of anilines is 1. The molecule has 0 spiro atoms. The summed E-state index contributed by atoms with van der Waals surface area (Å²) in [6.07, 6.45) is 1.68. The van der Waals surface area contributed by atoms with Crippen molar-refractivity contribution >= 4 is 32.4 Å². The van der Waals surface area contributed by atoms with Gasteiger partial charge >= 0.3 is 0 Å². The molecule has 0 saturated carbocycles. The number of sulfonamides is 1. The van der Waals surface area contributed by atoms with Crippen molar-refractivity contribution in [2.75, 3.05) is 18.5 Å². The molecule has 0 bridgehead atoms. The van der Waals surface area contributed by atoms with Gasteiger partial charge in [-0.25, -0.2) is 13.1 Å². The van der Waals surface area contributed by atoms with Crippen molar-refractivity contribution in [2.24, 2.45) is 5.41 Å². The van der Waals surface area contributed by atoms with Crippen LogP contribution in [0.1, 0.15) is 33.6 Å². The minimum absolute atomic E-state index is 0.0947. The maximum absolute atomic E-state index is 12.1. The topological polar surface area (TPSA) is 110 Å². The van der Waals surface area contributed by atoms with E-state index in [-0.39, 0.29) is 28.0 Å². The highest BCUT2D eigenvalue weighted by molar-refractivity contribution is 7.91. The first kappa shape index (κ1) is 17.3. The van der Waals surface area contributed by atoms with Crippen LogP contribution in [0.3, 0.4) is 0 Å². The summed E-state index contributed by atoms with van der Waals surface area (Å²) >= 11 is 0.821. The third-order valence-corrected chi connectivity index (χ3v) is 5.69. The van der Waals surface area contributed by atoms with Crippen molar-refractivity contribution in [3.05, 3.63) is 0 Å². The van der Waals surface area contributed by atoms with Gasteiger partial charge in [0.25, 0.3) is 10.0 Å². The van der Waals surface area contributed by atoms with Crippen LogP contribution >= 0.6 is 11.3 Å². The summed E-state index contributed by atoms with van der Waals surface area (Å²) in [6.45, 7) is 6.14. The minimum Gasteiger partial charge on any atom is -0.377 e. The Kier molecular flexibility index (Phi) is 5.15. The summed E-state index contributed by atoms with van der Waals surface area (Å²) in [5.74, 6) is -0.250. The van der Waals surface area contributed by atoms with Gasteiger partial charge in [0.1, 0.15) is 0 Å². The fourth-order valence-electron chi connectivity index (χ4n) is 1.72. The van der Waals surface area contributed by atoms with E-state index in [1.807, 2.05) is 0 Å². The van der Waals surface area contributed by atoms with Crippen LogP contribution in [0.5, 0.6) is 0 Å². The number of rotatable bonds is 5. The number of nitrogens with zero attached hydrogens (tertiary/aromatic N) is 2. The Hall–Kier alpha value is -1.10. The lowest BCUT2D eigenvalue weighted by molar-refractivity contribution is -0.123. The van der Waals surface area contributed by atoms with Crippen LogP contribution in [-0.4, -0.2) is 43.8 Å². The zero-order valence-electron chi connectivity index (χ0n) is 12.7. The minimum atomic E-state index is -3.73. The summed E-state index contributed by atoms with van der Waals surface area (Å²) < 4.78 is 31.9.